The smallest absolute Gasteiger partial charge is 0.194 e. The average Bonchev–Trinajstić information content (AvgIpc) is 2.12. The van der Waals surface area contributed by atoms with Crippen LogP contribution in [0.25, 0.3) is 0 Å². The van der Waals surface area contributed by atoms with Crippen molar-refractivity contribution in [2.75, 3.05) is 0 Å². The molecule has 0 heterocycles. The lowest BCUT2D eigenvalue weighted by atomic mass is 10.0. The minimum atomic E-state index is -1.47. The maximum Gasteiger partial charge on any atom is 0.194 e. The Balaban J connectivity index is 0.00000225. The molecule has 1 rings (SSSR count). The first-order valence-electron chi connectivity index (χ1n) is 4.46. The van der Waals surface area contributed by atoms with Gasteiger partial charge in [0.05, 0.1) is 0 Å². The molecular formula is C11H13ClF3N. The van der Waals surface area contributed by atoms with Gasteiger partial charge in [0.25, 0.3) is 0 Å². The number of hydrogen-bond donors (Lipinski definition) is 1. The van der Waals surface area contributed by atoms with Crippen molar-refractivity contribution in [1.82, 2.24) is 0 Å². The van der Waals surface area contributed by atoms with Crippen LogP contribution in [0.1, 0.15) is 24.9 Å². The van der Waals surface area contributed by atoms with E-state index in [-0.39, 0.29) is 18.0 Å². The van der Waals surface area contributed by atoms with Crippen LogP contribution < -0.4 is 5.73 Å². The number of nitrogens with two attached hydrogens (primary N) is 1. The highest BCUT2D eigenvalue weighted by atomic mass is 35.5. The van der Waals surface area contributed by atoms with Crippen LogP contribution in [0.2, 0.25) is 0 Å². The van der Waals surface area contributed by atoms with Crippen molar-refractivity contribution >= 4 is 12.4 Å². The monoisotopic (exact) mass is 251 g/mol. The zero-order valence-corrected chi connectivity index (χ0v) is 9.58. The van der Waals surface area contributed by atoms with Crippen LogP contribution in [0.3, 0.4) is 0 Å². The normalized spacial score (nSPS) is 11.8. The van der Waals surface area contributed by atoms with Crippen LogP contribution in [0, 0.1) is 17.5 Å². The third kappa shape index (κ3) is 3.54. The first-order valence-corrected chi connectivity index (χ1v) is 4.46. The van der Waals surface area contributed by atoms with E-state index in [0.29, 0.717) is 6.42 Å². The zero-order valence-electron chi connectivity index (χ0n) is 8.77. The summed E-state index contributed by atoms with van der Waals surface area (Å²) in [5.74, 6) is -3.91. The third-order valence-electron chi connectivity index (χ3n) is 2.00. The van der Waals surface area contributed by atoms with E-state index in [1.54, 1.807) is 6.92 Å². The highest BCUT2D eigenvalue weighted by molar-refractivity contribution is 5.85. The Bertz CT molecular complexity index is 370. The summed E-state index contributed by atoms with van der Waals surface area (Å²) in [5, 5.41) is 0. The highest BCUT2D eigenvalue weighted by Gasteiger charge is 2.14. The van der Waals surface area contributed by atoms with E-state index in [2.05, 4.69) is 6.58 Å². The predicted octanol–water partition coefficient (Wildman–Crippen LogP) is 3.49. The molecule has 0 aliphatic rings. The highest BCUT2D eigenvalue weighted by Crippen LogP contribution is 2.21. The summed E-state index contributed by atoms with van der Waals surface area (Å²) >= 11 is 0. The molecule has 0 unspecified atom stereocenters. The van der Waals surface area contributed by atoms with Gasteiger partial charge in [-0.1, -0.05) is 5.57 Å². The van der Waals surface area contributed by atoms with Gasteiger partial charge < -0.3 is 5.73 Å². The largest absolute Gasteiger partial charge is 0.324 e. The molecule has 5 heteroatoms. The van der Waals surface area contributed by atoms with Gasteiger partial charge in [-0.15, -0.1) is 19.0 Å². The van der Waals surface area contributed by atoms with Crippen molar-refractivity contribution in [2.24, 2.45) is 5.73 Å². The van der Waals surface area contributed by atoms with Crippen LogP contribution in [0.15, 0.2) is 24.3 Å². The van der Waals surface area contributed by atoms with Gasteiger partial charge in [-0.25, -0.2) is 13.2 Å². The lowest BCUT2D eigenvalue weighted by molar-refractivity contribution is 0.443. The average molecular weight is 252 g/mol. The molecule has 1 atom stereocenters. The molecule has 0 spiro atoms. The summed E-state index contributed by atoms with van der Waals surface area (Å²) in [4.78, 5) is 0. The van der Waals surface area contributed by atoms with E-state index in [1.165, 1.54) is 0 Å². The summed E-state index contributed by atoms with van der Waals surface area (Å²) in [6.07, 6.45) is 0.407. The first-order chi connectivity index (χ1) is 6.91. The second-order valence-electron chi connectivity index (χ2n) is 3.57. The molecule has 0 saturated heterocycles. The van der Waals surface area contributed by atoms with Gasteiger partial charge in [0.15, 0.2) is 17.5 Å². The first kappa shape index (κ1) is 15.0. The number of hydrogen-bond acceptors (Lipinski definition) is 1. The van der Waals surface area contributed by atoms with Crippen LogP contribution in [-0.2, 0) is 0 Å². The molecule has 0 aliphatic carbocycles. The quantitative estimate of drug-likeness (QED) is 0.646. The van der Waals surface area contributed by atoms with Crippen molar-refractivity contribution in [3.63, 3.8) is 0 Å². The summed E-state index contributed by atoms with van der Waals surface area (Å²) in [6.45, 7) is 5.40. The van der Waals surface area contributed by atoms with Crippen molar-refractivity contribution < 1.29 is 13.2 Å². The Labute approximate surface area is 98.6 Å². The molecule has 0 saturated carbocycles. The van der Waals surface area contributed by atoms with E-state index < -0.39 is 23.5 Å². The van der Waals surface area contributed by atoms with E-state index >= 15 is 0 Å². The summed E-state index contributed by atoms with van der Waals surface area (Å²) in [6, 6.07) is 1.25. The fraction of sp³-hybridized carbons (Fsp3) is 0.273. The number of benzene rings is 1. The molecule has 0 fully saturated rings. The molecule has 1 aromatic rings. The maximum absolute atomic E-state index is 12.8. The van der Waals surface area contributed by atoms with E-state index in [1.807, 2.05) is 0 Å². The molecule has 0 aromatic heterocycles. The third-order valence-corrected chi connectivity index (χ3v) is 2.00. The lowest BCUT2D eigenvalue weighted by Gasteiger charge is -2.12. The van der Waals surface area contributed by atoms with Gasteiger partial charge in [-0.05, 0) is 31.0 Å². The van der Waals surface area contributed by atoms with Crippen LogP contribution >= 0.6 is 12.4 Å². The summed E-state index contributed by atoms with van der Waals surface area (Å²) in [7, 11) is 0. The molecule has 0 bridgehead atoms. The van der Waals surface area contributed by atoms with Gasteiger partial charge in [-0.3, -0.25) is 0 Å². The number of halogens is 4. The molecule has 0 aliphatic heterocycles. The van der Waals surface area contributed by atoms with Gasteiger partial charge in [0.1, 0.15) is 0 Å². The van der Waals surface area contributed by atoms with Gasteiger partial charge in [-0.2, -0.15) is 0 Å². The molecule has 1 nitrogen and oxygen atoms in total. The number of rotatable bonds is 3. The summed E-state index contributed by atoms with van der Waals surface area (Å²) < 4.78 is 38.3. The van der Waals surface area contributed by atoms with Gasteiger partial charge in [0.2, 0.25) is 0 Å². The second-order valence-corrected chi connectivity index (χ2v) is 3.57. The minimum Gasteiger partial charge on any atom is -0.324 e. The molecular weight excluding hydrogens is 239 g/mol. The minimum absolute atomic E-state index is 0. The molecule has 0 radical (unpaired) electrons. The van der Waals surface area contributed by atoms with Crippen molar-refractivity contribution in [3.05, 3.63) is 47.3 Å². The van der Waals surface area contributed by atoms with Gasteiger partial charge >= 0.3 is 0 Å². The van der Waals surface area contributed by atoms with Crippen LogP contribution in [0.5, 0.6) is 0 Å². The van der Waals surface area contributed by atoms with E-state index in [4.69, 9.17) is 5.73 Å². The maximum atomic E-state index is 12.8. The lowest BCUT2D eigenvalue weighted by Crippen LogP contribution is -2.11. The van der Waals surface area contributed by atoms with Crippen LogP contribution in [0.4, 0.5) is 13.2 Å². The van der Waals surface area contributed by atoms with Crippen molar-refractivity contribution in [2.45, 2.75) is 19.4 Å². The Morgan fingerprint density at radius 1 is 1.31 bits per heavy atom. The van der Waals surface area contributed by atoms with Gasteiger partial charge in [0, 0.05) is 6.04 Å². The molecule has 90 valence electrons. The van der Waals surface area contributed by atoms with E-state index in [9.17, 15) is 13.2 Å². The Kier molecular flexibility index (Phi) is 5.55. The standard InChI is InChI=1S/C11H12F3N.ClH/c1-6(2)3-10(15)7-4-8(12)11(14)9(13)5-7;/h4-5,10H,1,3,15H2,2H3;1H/t10-;/m0./s1. The SMILES string of the molecule is C=C(C)C[C@H](N)c1cc(F)c(F)c(F)c1.Cl. The molecule has 0 amide bonds. The fourth-order valence-electron chi connectivity index (χ4n) is 1.28. The second kappa shape index (κ2) is 5.92. The Morgan fingerprint density at radius 3 is 2.12 bits per heavy atom. The van der Waals surface area contributed by atoms with Crippen molar-refractivity contribution in [3.8, 4) is 0 Å². The molecule has 1 aromatic carbocycles. The molecule has 2 N–H and O–H groups in total. The Morgan fingerprint density at radius 2 is 1.75 bits per heavy atom. The predicted molar refractivity (Wildman–Crippen MR) is 59.9 cm³/mol. The fourth-order valence-corrected chi connectivity index (χ4v) is 1.28. The van der Waals surface area contributed by atoms with E-state index in [0.717, 1.165) is 17.7 Å². The summed E-state index contributed by atoms with van der Waals surface area (Å²) in [5.41, 5.74) is 6.70. The molecule has 16 heavy (non-hydrogen) atoms. The van der Waals surface area contributed by atoms with Crippen molar-refractivity contribution in [1.29, 1.82) is 0 Å². The zero-order chi connectivity index (χ0) is 11.6. The van der Waals surface area contributed by atoms with Crippen LogP contribution in [-0.4, -0.2) is 0 Å². The Hall–Kier alpha value is -1.00. The topological polar surface area (TPSA) is 26.0 Å².